The van der Waals surface area contributed by atoms with Gasteiger partial charge in [0.2, 0.25) is 0 Å². The number of non-ortho nitro benzene ring substituents is 1. The quantitative estimate of drug-likeness (QED) is 0.656. The molecular formula is C15H21FN4O4. The van der Waals surface area contributed by atoms with Gasteiger partial charge in [0.05, 0.1) is 23.2 Å². The molecule has 0 unspecified atom stereocenters. The maximum absolute atomic E-state index is 14.1. The minimum atomic E-state index is -0.692. The van der Waals surface area contributed by atoms with E-state index in [1.54, 1.807) is 30.7 Å². The number of hydrogen-bond acceptors (Lipinski definition) is 6. The summed E-state index contributed by atoms with van der Waals surface area (Å²) in [5.41, 5.74) is 2.32. The van der Waals surface area contributed by atoms with Crippen LogP contribution in [0.25, 0.3) is 0 Å². The minimum Gasteiger partial charge on any atom is -0.444 e. The largest absolute Gasteiger partial charge is 0.444 e. The second-order valence-electron chi connectivity index (χ2n) is 6.42. The van der Waals surface area contributed by atoms with E-state index in [9.17, 15) is 19.3 Å². The molecule has 0 radical (unpaired) electrons. The highest BCUT2D eigenvalue weighted by molar-refractivity contribution is 5.68. The third kappa shape index (κ3) is 4.54. The van der Waals surface area contributed by atoms with E-state index in [0.717, 1.165) is 6.07 Å². The number of carbonyl (C=O) groups is 1. The third-order valence-corrected chi connectivity index (χ3v) is 3.36. The van der Waals surface area contributed by atoms with Crippen LogP contribution in [0.5, 0.6) is 0 Å². The van der Waals surface area contributed by atoms with Crippen molar-refractivity contribution in [3.63, 3.8) is 0 Å². The zero-order chi connectivity index (χ0) is 17.9. The van der Waals surface area contributed by atoms with Crippen LogP contribution in [0.3, 0.4) is 0 Å². The summed E-state index contributed by atoms with van der Waals surface area (Å²) in [6.45, 7) is 6.88. The first kappa shape index (κ1) is 17.9. The molecule has 1 amide bonds. The number of carbonyl (C=O) groups excluding carboxylic acids is 1. The molecule has 1 saturated heterocycles. The lowest BCUT2D eigenvalue weighted by Crippen LogP contribution is -2.40. The number of halogens is 1. The van der Waals surface area contributed by atoms with Gasteiger partial charge in [-0.15, -0.1) is 0 Å². The van der Waals surface area contributed by atoms with Crippen molar-refractivity contribution in [2.75, 3.05) is 31.2 Å². The number of nitro groups is 1. The molecular weight excluding hydrogens is 319 g/mol. The first-order chi connectivity index (χ1) is 11.2. The maximum atomic E-state index is 14.1. The monoisotopic (exact) mass is 340 g/mol. The highest BCUT2D eigenvalue weighted by Gasteiger charge is 2.25. The number of ether oxygens (including phenoxy) is 1. The summed E-state index contributed by atoms with van der Waals surface area (Å²) in [4.78, 5) is 23.7. The number of anilines is 1. The van der Waals surface area contributed by atoms with Crippen LogP contribution in [0.2, 0.25) is 0 Å². The van der Waals surface area contributed by atoms with Gasteiger partial charge in [-0.05, 0) is 26.8 Å². The Balaban J connectivity index is 2.05. The van der Waals surface area contributed by atoms with Gasteiger partial charge >= 0.3 is 6.09 Å². The summed E-state index contributed by atoms with van der Waals surface area (Å²) in [7, 11) is 0. The van der Waals surface area contributed by atoms with Crippen LogP contribution in [0.15, 0.2) is 18.2 Å². The number of hydrazine groups is 1. The Morgan fingerprint density at radius 3 is 2.62 bits per heavy atom. The molecule has 1 aromatic carbocycles. The molecule has 1 fully saturated rings. The summed E-state index contributed by atoms with van der Waals surface area (Å²) in [5, 5.41) is 12.2. The van der Waals surface area contributed by atoms with E-state index >= 15 is 0 Å². The molecule has 1 N–H and O–H groups in total. The fraction of sp³-hybridized carbons (Fsp3) is 0.533. The van der Waals surface area contributed by atoms with Gasteiger partial charge in [0, 0.05) is 25.7 Å². The minimum absolute atomic E-state index is 0.201. The lowest BCUT2D eigenvalue weighted by atomic mass is 10.2. The van der Waals surface area contributed by atoms with Crippen LogP contribution in [-0.2, 0) is 4.74 Å². The molecule has 9 heteroatoms. The summed E-state index contributed by atoms with van der Waals surface area (Å²) in [6.07, 6.45) is -0.421. The normalized spacial score (nSPS) is 15.8. The predicted molar refractivity (Wildman–Crippen MR) is 86.2 cm³/mol. The number of nitrogens with one attached hydrogen (secondary N) is 1. The molecule has 132 valence electrons. The van der Waals surface area contributed by atoms with E-state index < -0.39 is 22.4 Å². The Morgan fingerprint density at radius 1 is 1.33 bits per heavy atom. The maximum Gasteiger partial charge on any atom is 0.410 e. The van der Waals surface area contributed by atoms with E-state index in [4.69, 9.17) is 4.74 Å². The predicted octanol–water partition coefficient (Wildman–Crippen LogP) is 2.30. The molecule has 0 aromatic heterocycles. The molecule has 0 spiro atoms. The molecule has 2 rings (SSSR count). The van der Waals surface area contributed by atoms with Gasteiger partial charge in [0.25, 0.3) is 5.69 Å². The van der Waals surface area contributed by atoms with E-state index in [-0.39, 0.29) is 11.4 Å². The lowest BCUT2D eigenvalue weighted by Gasteiger charge is -2.26. The fourth-order valence-electron chi connectivity index (χ4n) is 2.27. The van der Waals surface area contributed by atoms with Crippen LogP contribution in [-0.4, -0.2) is 47.7 Å². The Bertz CT molecular complexity index is 632. The first-order valence-electron chi connectivity index (χ1n) is 7.60. The van der Waals surface area contributed by atoms with E-state index in [1.807, 2.05) is 0 Å². The van der Waals surface area contributed by atoms with Crippen LogP contribution < -0.4 is 10.4 Å². The Hall–Kier alpha value is -2.42. The molecule has 0 atom stereocenters. The number of nitro benzene ring substituents is 1. The van der Waals surface area contributed by atoms with E-state index in [2.05, 4.69) is 5.43 Å². The Kier molecular flexibility index (Phi) is 5.23. The van der Waals surface area contributed by atoms with Crippen LogP contribution >= 0.6 is 0 Å². The average molecular weight is 340 g/mol. The van der Waals surface area contributed by atoms with Gasteiger partial charge in [-0.25, -0.2) is 14.6 Å². The Morgan fingerprint density at radius 2 is 2.04 bits per heavy atom. The molecule has 24 heavy (non-hydrogen) atoms. The van der Waals surface area contributed by atoms with Crippen molar-refractivity contribution in [2.24, 2.45) is 0 Å². The van der Waals surface area contributed by atoms with Crippen LogP contribution in [0.4, 0.5) is 20.6 Å². The molecule has 1 aliphatic heterocycles. The summed E-state index contributed by atoms with van der Waals surface area (Å²) in [6, 6.07) is 3.48. The number of amides is 1. The Labute approximate surface area is 139 Å². The molecule has 1 aliphatic rings. The smallest absolute Gasteiger partial charge is 0.410 e. The highest BCUT2D eigenvalue weighted by Crippen LogP contribution is 2.23. The number of benzene rings is 1. The average Bonchev–Trinajstić information content (AvgIpc) is 2.71. The molecule has 0 bridgehead atoms. The van der Waals surface area contributed by atoms with Gasteiger partial charge in [-0.2, -0.15) is 0 Å². The number of nitrogens with zero attached hydrogens (tertiary/aromatic N) is 3. The summed E-state index contributed by atoms with van der Waals surface area (Å²) in [5.74, 6) is -0.692. The molecule has 0 saturated carbocycles. The van der Waals surface area contributed by atoms with Gasteiger partial charge in [-0.1, -0.05) is 0 Å². The SMILES string of the molecule is CC(C)(C)OC(=O)N1CCNN(c2ccc([N+](=O)[O-])cc2F)CC1. The van der Waals surface area contributed by atoms with Crippen molar-refractivity contribution < 1.29 is 18.8 Å². The lowest BCUT2D eigenvalue weighted by molar-refractivity contribution is -0.385. The second kappa shape index (κ2) is 7.00. The zero-order valence-corrected chi connectivity index (χ0v) is 13.9. The molecule has 0 aliphatic carbocycles. The van der Waals surface area contributed by atoms with Gasteiger partial charge in [0.15, 0.2) is 5.82 Å². The van der Waals surface area contributed by atoms with Crippen LogP contribution in [0, 0.1) is 15.9 Å². The van der Waals surface area contributed by atoms with Gasteiger partial charge in [-0.3, -0.25) is 10.1 Å². The number of rotatable bonds is 2. The van der Waals surface area contributed by atoms with Crippen molar-refractivity contribution in [3.05, 3.63) is 34.1 Å². The summed E-state index contributed by atoms with van der Waals surface area (Å²) < 4.78 is 19.4. The second-order valence-corrected chi connectivity index (χ2v) is 6.42. The van der Waals surface area contributed by atoms with Gasteiger partial charge in [0.1, 0.15) is 5.60 Å². The van der Waals surface area contributed by atoms with Gasteiger partial charge < -0.3 is 14.6 Å². The standard InChI is InChI=1S/C15H21FN4O4/c1-15(2,3)24-14(21)18-7-6-17-19(9-8-18)13-5-4-11(20(22)23)10-12(13)16/h4-5,10,17H,6-9H2,1-3H3. The zero-order valence-electron chi connectivity index (χ0n) is 13.9. The summed E-state index contributed by atoms with van der Waals surface area (Å²) >= 11 is 0. The first-order valence-corrected chi connectivity index (χ1v) is 7.60. The molecule has 8 nitrogen and oxygen atoms in total. The topological polar surface area (TPSA) is 88.0 Å². The van der Waals surface area contributed by atoms with Crippen molar-refractivity contribution >= 4 is 17.5 Å². The van der Waals surface area contributed by atoms with Crippen molar-refractivity contribution in [1.29, 1.82) is 0 Å². The fourth-order valence-corrected chi connectivity index (χ4v) is 2.27. The van der Waals surface area contributed by atoms with Crippen molar-refractivity contribution in [1.82, 2.24) is 10.3 Å². The van der Waals surface area contributed by atoms with E-state index in [1.165, 1.54) is 12.1 Å². The van der Waals surface area contributed by atoms with Crippen LogP contribution in [0.1, 0.15) is 20.8 Å². The van der Waals surface area contributed by atoms with Crippen molar-refractivity contribution in [2.45, 2.75) is 26.4 Å². The van der Waals surface area contributed by atoms with Crippen molar-refractivity contribution in [3.8, 4) is 0 Å². The molecule has 1 heterocycles. The highest BCUT2D eigenvalue weighted by atomic mass is 19.1. The third-order valence-electron chi connectivity index (χ3n) is 3.36. The van der Waals surface area contributed by atoms with E-state index in [0.29, 0.717) is 26.2 Å². The number of hydrogen-bond donors (Lipinski definition) is 1. The molecule has 1 aromatic rings.